The maximum Gasteiger partial charge on any atom is 0.297 e. The van der Waals surface area contributed by atoms with E-state index in [-0.39, 0.29) is 5.91 Å². The summed E-state index contributed by atoms with van der Waals surface area (Å²) in [4.78, 5) is 16.8. The van der Waals surface area contributed by atoms with Gasteiger partial charge < -0.3 is 9.47 Å². The second kappa shape index (κ2) is 6.24. The van der Waals surface area contributed by atoms with E-state index < -0.39 is 5.60 Å². The Morgan fingerprint density at radius 2 is 1.78 bits per heavy atom. The van der Waals surface area contributed by atoms with Crippen molar-refractivity contribution in [1.82, 2.24) is 0 Å². The van der Waals surface area contributed by atoms with Crippen LogP contribution >= 0.6 is 0 Å². The molecule has 0 unspecified atom stereocenters. The third-order valence-electron chi connectivity index (χ3n) is 4.00. The van der Waals surface area contributed by atoms with Crippen LogP contribution in [0.5, 0.6) is 5.75 Å². The molecule has 118 valence electrons. The molecule has 0 saturated carbocycles. The predicted molar refractivity (Wildman–Crippen MR) is 88.7 cm³/mol. The van der Waals surface area contributed by atoms with Gasteiger partial charge in [-0.15, -0.1) is 0 Å². The third kappa shape index (κ3) is 2.72. The second-order valence-corrected chi connectivity index (χ2v) is 5.50. The molecule has 1 aliphatic rings. The Hall–Kier alpha value is -2.62. The summed E-state index contributed by atoms with van der Waals surface area (Å²) in [5.41, 5.74) is 0.609. The van der Waals surface area contributed by atoms with Gasteiger partial charge in [-0.05, 0) is 24.3 Å². The number of nitrogens with zero attached hydrogens (tertiary/aromatic N) is 1. The van der Waals surface area contributed by atoms with Gasteiger partial charge in [-0.3, -0.25) is 4.79 Å². The van der Waals surface area contributed by atoms with Crippen molar-refractivity contribution < 1.29 is 14.3 Å². The summed E-state index contributed by atoms with van der Waals surface area (Å²) in [5.74, 6) is 0.882. The predicted octanol–water partition coefficient (Wildman–Crippen LogP) is 3.69. The molecule has 1 heterocycles. The van der Waals surface area contributed by atoms with Gasteiger partial charge in [0.25, 0.3) is 5.91 Å². The summed E-state index contributed by atoms with van der Waals surface area (Å²) in [7, 11) is 1.61. The van der Waals surface area contributed by atoms with Crippen LogP contribution in [-0.4, -0.2) is 18.9 Å². The minimum absolute atomic E-state index is 0.239. The Balaban J connectivity index is 1.95. The van der Waals surface area contributed by atoms with Gasteiger partial charge in [-0.1, -0.05) is 43.7 Å². The van der Waals surface area contributed by atoms with E-state index in [1.54, 1.807) is 7.11 Å². The van der Waals surface area contributed by atoms with Gasteiger partial charge in [0.1, 0.15) is 5.75 Å². The van der Waals surface area contributed by atoms with Crippen molar-refractivity contribution in [3.8, 4) is 5.75 Å². The minimum atomic E-state index is -1.01. The molecule has 2 aromatic carbocycles. The van der Waals surface area contributed by atoms with E-state index in [2.05, 4.69) is 4.99 Å². The molecule has 0 radical (unpaired) electrons. The first-order valence-corrected chi connectivity index (χ1v) is 7.71. The van der Waals surface area contributed by atoms with Crippen LogP contribution in [0.4, 0.5) is 0 Å². The Bertz CT molecular complexity index is 722. The van der Waals surface area contributed by atoms with Crippen molar-refractivity contribution in [2.75, 3.05) is 7.11 Å². The van der Waals surface area contributed by atoms with Crippen LogP contribution < -0.4 is 4.74 Å². The number of carbonyl (C=O) groups excluding carboxylic acids is 1. The highest BCUT2D eigenvalue weighted by Gasteiger charge is 2.47. The summed E-state index contributed by atoms with van der Waals surface area (Å²) in [6.45, 7) is 2.03. The maximum atomic E-state index is 12.7. The molecule has 23 heavy (non-hydrogen) atoms. The molecule has 4 nitrogen and oxygen atoms in total. The van der Waals surface area contributed by atoms with Crippen LogP contribution in [-0.2, 0) is 15.1 Å². The molecule has 0 aromatic heterocycles. The topological polar surface area (TPSA) is 47.9 Å². The quantitative estimate of drug-likeness (QED) is 0.846. The lowest BCUT2D eigenvalue weighted by Gasteiger charge is -2.26. The molecule has 0 saturated heterocycles. The van der Waals surface area contributed by atoms with Crippen LogP contribution in [0.15, 0.2) is 59.6 Å². The van der Waals surface area contributed by atoms with E-state index >= 15 is 0 Å². The lowest BCUT2D eigenvalue weighted by atomic mass is 9.88. The Morgan fingerprint density at radius 3 is 2.39 bits per heavy atom. The first-order chi connectivity index (χ1) is 11.2. The highest BCUT2D eigenvalue weighted by atomic mass is 16.5. The van der Waals surface area contributed by atoms with Crippen molar-refractivity contribution in [1.29, 1.82) is 0 Å². The van der Waals surface area contributed by atoms with Gasteiger partial charge in [0.05, 0.1) is 7.11 Å². The summed E-state index contributed by atoms with van der Waals surface area (Å²) in [6, 6.07) is 16.9. The van der Waals surface area contributed by atoms with E-state index in [1.807, 2.05) is 61.5 Å². The van der Waals surface area contributed by atoms with E-state index in [0.29, 0.717) is 12.3 Å². The number of methoxy groups -OCH3 is 1. The largest absolute Gasteiger partial charge is 0.497 e. The molecule has 0 bridgehead atoms. The van der Waals surface area contributed by atoms with Crippen molar-refractivity contribution in [2.45, 2.75) is 25.4 Å². The average molecular weight is 309 g/mol. The monoisotopic (exact) mass is 309 g/mol. The number of rotatable bonds is 5. The normalized spacial score (nSPS) is 20.1. The van der Waals surface area contributed by atoms with E-state index in [1.165, 1.54) is 0 Å². The van der Waals surface area contributed by atoms with Crippen LogP contribution in [0.3, 0.4) is 0 Å². The molecule has 2 aromatic rings. The number of carbonyl (C=O) groups is 1. The zero-order valence-corrected chi connectivity index (χ0v) is 13.3. The number of aliphatic imine (C=N–C) groups is 1. The molecular formula is C19H19NO3. The number of hydrogen-bond acceptors (Lipinski definition) is 3. The fraction of sp³-hybridized carbons (Fsp3) is 0.263. The first-order valence-electron chi connectivity index (χ1n) is 7.71. The van der Waals surface area contributed by atoms with Gasteiger partial charge in [0.2, 0.25) is 11.5 Å². The molecule has 1 amide bonds. The molecule has 1 aliphatic heterocycles. The Morgan fingerprint density at radius 1 is 1.09 bits per heavy atom. The third-order valence-corrected chi connectivity index (χ3v) is 4.00. The summed E-state index contributed by atoms with van der Waals surface area (Å²) in [6.07, 6.45) is 1.42. The fourth-order valence-corrected chi connectivity index (χ4v) is 2.82. The molecular weight excluding hydrogens is 290 g/mol. The fourth-order valence-electron chi connectivity index (χ4n) is 2.82. The smallest absolute Gasteiger partial charge is 0.297 e. The number of amides is 1. The van der Waals surface area contributed by atoms with E-state index in [0.717, 1.165) is 23.3 Å². The highest BCUT2D eigenvalue weighted by molar-refractivity contribution is 6.09. The number of ether oxygens (including phenoxy) is 2. The minimum Gasteiger partial charge on any atom is -0.497 e. The number of benzene rings is 2. The second-order valence-electron chi connectivity index (χ2n) is 5.50. The van der Waals surface area contributed by atoms with Crippen molar-refractivity contribution >= 4 is 11.8 Å². The summed E-state index contributed by atoms with van der Waals surface area (Å²) < 4.78 is 11.3. The zero-order chi connectivity index (χ0) is 16.3. The van der Waals surface area contributed by atoms with Crippen LogP contribution in [0, 0.1) is 0 Å². The molecule has 3 rings (SSSR count). The molecule has 0 fully saturated rings. The van der Waals surface area contributed by atoms with Gasteiger partial charge in [-0.2, -0.15) is 4.99 Å². The van der Waals surface area contributed by atoms with Crippen molar-refractivity contribution in [3.63, 3.8) is 0 Å². The SMILES string of the molecule is CCC[C@]1(c2ccccc2)OC(c2ccc(OC)cc2)=NC1=O. The first kappa shape index (κ1) is 15.3. The van der Waals surface area contributed by atoms with E-state index in [4.69, 9.17) is 9.47 Å². The van der Waals surface area contributed by atoms with Gasteiger partial charge in [-0.25, -0.2) is 0 Å². The molecule has 0 aliphatic carbocycles. The van der Waals surface area contributed by atoms with Gasteiger partial charge in [0.15, 0.2) is 0 Å². The van der Waals surface area contributed by atoms with Crippen LogP contribution in [0.1, 0.15) is 30.9 Å². The van der Waals surface area contributed by atoms with Gasteiger partial charge in [0, 0.05) is 17.5 Å². The van der Waals surface area contributed by atoms with Gasteiger partial charge >= 0.3 is 0 Å². The standard InChI is InChI=1S/C19H19NO3/c1-3-13-19(15-7-5-4-6-8-15)18(21)20-17(23-19)14-9-11-16(22-2)12-10-14/h4-12H,3,13H2,1-2H3/t19-/m1/s1. The van der Waals surface area contributed by atoms with E-state index in [9.17, 15) is 4.79 Å². The average Bonchev–Trinajstić information content (AvgIpc) is 2.94. The molecule has 1 atom stereocenters. The van der Waals surface area contributed by atoms with Crippen molar-refractivity contribution in [3.05, 3.63) is 65.7 Å². The molecule has 0 spiro atoms. The molecule has 4 heteroatoms. The number of hydrogen-bond donors (Lipinski definition) is 0. The van der Waals surface area contributed by atoms with Crippen LogP contribution in [0.25, 0.3) is 0 Å². The maximum absolute atomic E-state index is 12.7. The highest BCUT2D eigenvalue weighted by Crippen LogP contribution is 2.37. The summed E-state index contributed by atoms with van der Waals surface area (Å²) in [5, 5.41) is 0. The zero-order valence-electron chi connectivity index (χ0n) is 13.3. The Labute approximate surface area is 135 Å². The van der Waals surface area contributed by atoms with Crippen molar-refractivity contribution in [2.24, 2.45) is 4.99 Å². The summed E-state index contributed by atoms with van der Waals surface area (Å²) >= 11 is 0. The van der Waals surface area contributed by atoms with Crippen LogP contribution in [0.2, 0.25) is 0 Å². The Kier molecular flexibility index (Phi) is 4.15. The lowest BCUT2D eigenvalue weighted by molar-refractivity contribution is -0.132. The molecule has 0 N–H and O–H groups in total. The lowest BCUT2D eigenvalue weighted by Crippen LogP contribution is -2.34.